The Morgan fingerprint density at radius 2 is 1.48 bits per heavy atom. The number of rotatable bonds is 8. The van der Waals surface area contributed by atoms with E-state index in [4.69, 9.17) is 0 Å². The van der Waals surface area contributed by atoms with Crippen LogP contribution in [0.3, 0.4) is 0 Å². The average Bonchev–Trinajstić information content (AvgIpc) is 2.94. The van der Waals surface area contributed by atoms with Gasteiger partial charge in [0.25, 0.3) is 0 Å². The molecule has 2 aromatic rings. The summed E-state index contributed by atoms with van der Waals surface area (Å²) in [5.74, 6) is 0.249. The first-order valence-corrected chi connectivity index (χ1v) is 9.95. The van der Waals surface area contributed by atoms with E-state index in [0.29, 0.717) is 6.42 Å². The summed E-state index contributed by atoms with van der Waals surface area (Å²) in [6.07, 6.45) is 7.79. The third-order valence-electron chi connectivity index (χ3n) is 5.83. The Morgan fingerprint density at radius 3 is 2.12 bits per heavy atom. The second-order valence-electron chi connectivity index (χ2n) is 7.37. The maximum Gasteiger partial charge on any atom is 0.162 e. The normalized spacial score (nSPS) is 14.2. The number of hydrogen-bond acceptors (Lipinski definition) is 1. The fourth-order valence-electron chi connectivity index (χ4n) is 4.45. The quantitative estimate of drug-likeness (QED) is 0.478. The molecular weight excluding hydrogens is 304 g/mol. The summed E-state index contributed by atoms with van der Waals surface area (Å²) in [6, 6.07) is 15.3. The van der Waals surface area contributed by atoms with Crippen LogP contribution in [0, 0.1) is 0 Å². The molecule has 0 saturated carbocycles. The van der Waals surface area contributed by atoms with Gasteiger partial charge in [-0.15, -0.1) is 0 Å². The van der Waals surface area contributed by atoms with Gasteiger partial charge >= 0.3 is 0 Å². The third kappa shape index (κ3) is 3.05. The molecule has 0 unspecified atom stereocenters. The lowest BCUT2D eigenvalue weighted by Gasteiger charge is -2.32. The molecule has 0 N–H and O–H groups in total. The fraction of sp³-hybridized carbons (Fsp3) is 0.458. The van der Waals surface area contributed by atoms with Crippen LogP contribution in [0.15, 0.2) is 42.5 Å². The molecule has 0 saturated heterocycles. The minimum absolute atomic E-state index is 0.0853. The van der Waals surface area contributed by atoms with E-state index in [9.17, 15) is 4.79 Å². The smallest absolute Gasteiger partial charge is 0.162 e. The number of ketones is 1. The molecule has 3 rings (SSSR count). The Morgan fingerprint density at radius 1 is 0.840 bits per heavy atom. The van der Waals surface area contributed by atoms with Gasteiger partial charge in [-0.25, -0.2) is 0 Å². The predicted molar refractivity (Wildman–Crippen MR) is 106 cm³/mol. The van der Waals surface area contributed by atoms with Gasteiger partial charge in [-0.3, -0.25) is 4.79 Å². The first-order chi connectivity index (χ1) is 12.2. The first-order valence-electron chi connectivity index (χ1n) is 9.95. The van der Waals surface area contributed by atoms with Crippen molar-refractivity contribution in [1.29, 1.82) is 0 Å². The van der Waals surface area contributed by atoms with Crippen LogP contribution in [0.2, 0.25) is 0 Å². The topological polar surface area (TPSA) is 17.1 Å². The van der Waals surface area contributed by atoms with Gasteiger partial charge in [-0.05, 0) is 41.2 Å². The van der Waals surface area contributed by atoms with Gasteiger partial charge < -0.3 is 0 Å². The molecule has 0 heterocycles. The van der Waals surface area contributed by atoms with E-state index in [0.717, 1.165) is 5.56 Å². The highest BCUT2D eigenvalue weighted by Crippen LogP contribution is 2.54. The van der Waals surface area contributed by atoms with Crippen LogP contribution in [0.5, 0.6) is 0 Å². The Hall–Kier alpha value is -1.89. The maximum atomic E-state index is 12.3. The van der Waals surface area contributed by atoms with Gasteiger partial charge in [0, 0.05) is 17.4 Å². The molecule has 0 amide bonds. The molecule has 1 aliphatic carbocycles. The van der Waals surface area contributed by atoms with Crippen LogP contribution in [-0.2, 0) is 5.41 Å². The van der Waals surface area contributed by atoms with E-state index in [1.807, 2.05) is 13.0 Å². The van der Waals surface area contributed by atoms with Gasteiger partial charge in [-0.2, -0.15) is 0 Å². The van der Waals surface area contributed by atoms with E-state index in [2.05, 4.69) is 50.2 Å². The number of benzene rings is 2. The molecule has 132 valence electrons. The van der Waals surface area contributed by atoms with Crippen molar-refractivity contribution >= 4 is 5.78 Å². The number of hydrogen-bond donors (Lipinski definition) is 0. The van der Waals surface area contributed by atoms with E-state index in [-0.39, 0.29) is 11.2 Å². The molecule has 25 heavy (non-hydrogen) atoms. The Kier molecular flexibility index (Phi) is 5.42. The Balaban J connectivity index is 2.20. The first kappa shape index (κ1) is 17.9. The second-order valence-corrected chi connectivity index (χ2v) is 7.37. The van der Waals surface area contributed by atoms with Crippen molar-refractivity contribution in [2.75, 3.05) is 0 Å². The molecule has 1 heteroatoms. The van der Waals surface area contributed by atoms with E-state index >= 15 is 0 Å². The molecule has 0 fully saturated rings. The molecule has 0 radical (unpaired) electrons. The minimum atomic E-state index is 0.0853. The highest BCUT2D eigenvalue weighted by atomic mass is 16.1. The number of carbonyl (C=O) groups excluding carboxylic acids is 1. The zero-order valence-electron chi connectivity index (χ0n) is 15.9. The number of Topliss-reactive ketones (excluding diaryl/α,β-unsaturated/α-hetero) is 1. The Bertz CT molecular complexity index is 748. The monoisotopic (exact) mass is 334 g/mol. The lowest BCUT2D eigenvalue weighted by atomic mass is 9.70. The van der Waals surface area contributed by atoms with Crippen LogP contribution in [-0.4, -0.2) is 5.78 Å². The minimum Gasteiger partial charge on any atom is -0.294 e. The summed E-state index contributed by atoms with van der Waals surface area (Å²) in [5, 5.41) is 0. The zero-order valence-corrected chi connectivity index (χ0v) is 15.9. The summed E-state index contributed by atoms with van der Waals surface area (Å²) in [6.45, 7) is 6.49. The maximum absolute atomic E-state index is 12.3. The average molecular weight is 335 g/mol. The summed E-state index contributed by atoms with van der Waals surface area (Å²) in [5.41, 5.74) is 6.56. The van der Waals surface area contributed by atoms with Crippen molar-refractivity contribution < 1.29 is 4.79 Å². The third-order valence-corrected chi connectivity index (χ3v) is 5.83. The lowest BCUT2D eigenvalue weighted by Crippen LogP contribution is -2.25. The molecule has 0 atom stereocenters. The molecule has 1 nitrogen and oxygen atoms in total. The fourth-order valence-corrected chi connectivity index (χ4v) is 4.45. The van der Waals surface area contributed by atoms with Gasteiger partial charge in [0.1, 0.15) is 0 Å². The zero-order chi connectivity index (χ0) is 17.9. The SMILES string of the molecule is CCCCC1(CCCC)c2ccccc2-c2ccc(C(=O)CC)cc21. The number of unbranched alkanes of at least 4 members (excludes halogenated alkanes) is 2. The molecule has 1 aliphatic rings. The molecule has 2 aromatic carbocycles. The predicted octanol–water partition coefficient (Wildman–Crippen LogP) is 6.93. The standard InChI is InChI=1S/C24H30O/c1-4-7-15-24(16-8-5-2)21-12-10-9-11-19(21)20-14-13-18(17-22(20)24)23(25)6-3/h9-14,17H,4-8,15-16H2,1-3H3. The van der Waals surface area contributed by atoms with Gasteiger partial charge in [-0.1, -0.05) is 82.9 Å². The Labute approximate surface area is 152 Å². The molecule has 0 bridgehead atoms. The van der Waals surface area contributed by atoms with Crippen molar-refractivity contribution in [1.82, 2.24) is 0 Å². The molecule has 0 aromatic heterocycles. The van der Waals surface area contributed by atoms with E-state index < -0.39 is 0 Å². The van der Waals surface area contributed by atoms with Gasteiger partial charge in [0.15, 0.2) is 5.78 Å². The van der Waals surface area contributed by atoms with Crippen LogP contribution in [0.1, 0.15) is 87.2 Å². The van der Waals surface area contributed by atoms with Crippen LogP contribution >= 0.6 is 0 Å². The van der Waals surface area contributed by atoms with Crippen molar-refractivity contribution in [2.24, 2.45) is 0 Å². The van der Waals surface area contributed by atoms with Crippen molar-refractivity contribution in [3.63, 3.8) is 0 Å². The summed E-state index contributed by atoms with van der Waals surface area (Å²) in [7, 11) is 0. The van der Waals surface area contributed by atoms with Gasteiger partial charge in [0.05, 0.1) is 0 Å². The summed E-state index contributed by atoms with van der Waals surface area (Å²) >= 11 is 0. The van der Waals surface area contributed by atoms with Crippen LogP contribution < -0.4 is 0 Å². The number of carbonyl (C=O) groups is 1. The second kappa shape index (κ2) is 7.56. The van der Waals surface area contributed by atoms with E-state index in [1.165, 1.54) is 60.8 Å². The molecule has 0 spiro atoms. The summed E-state index contributed by atoms with van der Waals surface area (Å²) in [4.78, 5) is 12.3. The highest BCUT2D eigenvalue weighted by Gasteiger charge is 2.42. The van der Waals surface area contributed by atoms with Gasteiger partial charge in [0.2, 0.25) is 0 Å². The van der Waals surface area contributed by atoms with Crippen LogP contribution in [0.25, 0.3) is 11.1 Å². The van der Waals surface area contributed by atoms with Crippen molar-refractivity contribution in [3.05, 3.63) is 59.2 Å². The number of fused-ring (bicyclic) bond motifs is 3. The highest BCUT2D eigenvalue weighted by molar-refractivity contribution is 5.97. The largest absolute Gasteiger partial charge is 0.294 e. The van der Waals surface area contributed by atoms with E-state index in [1.54, 1.807) is 0 Å². The molecule has 0 aliphatic heterocycles. The van der Waals surface area contributed by atoms with Crippen molar-refractivity contribution in [2.45, 2.75) is 71.1 Å². The van der Waals surface area contributed by atoms with Crippen LogP contribution in [0.4, 0.5) is 0 Å². The summed E-state index contributed by atoms with van der Waals surface area (Å²) < 4.78 is 0. The molecular formula is C24H30O. The van der Waals surface area contributed by atoms with Crippen molar-refractivity contribution in [3.8, 4) is 11.1 Å². The lowest BCUT2D eigenvalue weighted by molar-refractivity contribution is 0.0988.